The van der Waals surface area contributed by atoms with E-state index >= 15 is 0 Å². The van der Waals surface area contributed by atoms with Crippen LogP contribution < -0.4 is 10.9 Å². The third kappa shape index (κ3) is 4.19. The number of nitrogens with one attached hydrogen (secondary N) is 1. The number of rotatable bonds is 6. The molecule has 0 fully saturated rings. The van der Waals surface area contributed by atoms with Crippen LogP contribution >= 0.6 is 0 Å². The molecule has 0 saturated carbocycles. The first-order valence-electron chi connectivity index (χ1n) is 10.2. The maximum Gasteiger partial charge on any atom is 0.251 e. The highest BCUT2D eigenvalue weighted by Crippen LogP contribution is 2.28. The maximum absolute atomic E-state index is 12.1. The predicted octanol–water partition coefficient (Wildman–Crippen LogP) is 3.74. The molecule has 160 valence electrons. The van der Waals surface area contributed by atoms with Crippen molar-refractivity contribution in [1.82, 2.24) is 25.0 Å². The van der Waals surface area contributed by atoms with Crippen LogP contribution in [0.3, 0.4) is 0 Å². The summed E-state index contributed by atoms with van der Waals surface area (Å²) < 4.78 is 6.97. The molecule has 8 heteroatoms. The van der Waals surface area contributed by atoms with Gasteiger partial charge in [0.2, 0.25) is 0 Å². The fourth-order valence-electron chi connectivity index (χ4n) is 3.36. The molecule has 1 atom stereocenters. The van der Waals surface area contributed by atoms with Crippen molar-refractivity contribution in [3.63, 3.8) is 0 Å². The zero-order valence-electron chi connectivity index (χ0n) is 18.0. The van der Waals surface area contributed by atoms with Gasteiger partial charge in [0.25, 0.3) is 5.56 Å². The van der Waals surface area contributed by atoms with Crippen molar-refractivity contribution in [2.24, 2.45) is 0 Å². The van der Waals surface area contributed by atoms with Crippen molar-refractivity contribution < 1.29 is 4.52 Å². The maximum atomic E-state index is 12.1. The van der Waals surface area contributed by atoms with Gasteiger partial charge in [-0.1, -0.05) is 29.4 Å². The van der Waals surface area contributed by atoms with E-state index in [1.165, 1.54) is 16.2 Å². The van der Waals surface area contributed by atoms with Crippen LogP contribution in [0, 0.1) is 18.3 Å². The van der Waals surface area contributed by atoms with Crippen LogP contribution in [-0.2, 0) is 6.54 Å². The lowest BCUT2D eigenvalue weighted by molar-refractivity contribution is 0.433. The van der Waals surface area contributed by atoms with E-state index in [1.807, 2.05) is 44.3 Å². The largest absolute Gasteiger partial charge is 0.354 e. The Hall–Kier alpha value is -4.09. The quantitative estimate of drug-likeness (QED) is 0.500. The van der Waals surface area contributed by atoms with E-state index in [0.717, 1.165) is 12.1 Å². The molecule has 32 heavy (non-hydrogen) atoms. The number of pyridine rings is 1. The first-order chi connectivity index (χ1) is 15.5. The van der Waals surface area contributed by atoms with Crippen LogP contribution in [0.1, 0.15) is 24.2 Å². The number of hydrogen-bond donors (Lipinski definition) is 1. The summed E-state index contributed by atoms with van der Waals surface area (Å²) in [6.45, 7) is 4.31. The molecule has 0 aliphatic rings. The molecule has 0 spiro atoms. The van der Waals surface area contributed by atoms with E-state index in [0.29, 0.717) is 34.1 Å². The molecule has 0 radical (unpaired) electrons. The smallest absolute Gasteiger partial charge is 0.251 e. The molecule has 1 N–H and O–H groups in total. The molecule has 8 nitrogen and oxygen atoms in total. The van der Waals surface area contributed by atoms with Gasteiger partial charge in [-0.2, -0.15) is 5.26 Å². The van der Waals surface area contributed by atoms with Crippen LogP contribution in [0.25, 0.3) is 34.0 Å². The average Bonchev–Trinajstić information content (AvgIpc) is 3.30. The molecule has 0 amide bonds. The molecule has 0 bridgehead atoms. The monoisotopic (exact) mass is 426 g/mol. The van der Waals surface area contributed by atoms with Crippen LogP contribution in [0.15, 0.2) is 64.2 Å². The summed E-state index contributed by atoms with van der Waals surface area (Å²) in [5, 5.41) is 16.5. The van der Waals surface area contributed by atoms with Gasteiger partial charge in [0.05, 0.1) is 23.7 Å². The van der Waals surface area contributed by atoms with E-state index in [4.69, 9.17) is 9.51 Å². The number of hydrogen-bond acceptors (Lipinski definition) is 7. The molecule has 0 saturated heterocycles. The minimum absolute atomic E-state index is 0.247. The Balaban J connectivity index is 1.69. The number of nitrogens with zero attached hydrogens (tertiary/aromatic N) is 5. The fourth-order valence-corrected chi connectivity index (χ4v) is 3.36. The Kier molecular flexibility index (Phi) is 5.92. The standard InChI is InChI=1S/C24H22N6O2/c1-15(11-25)30-14-19(8-9-23(30)31)21-13-27-16(2)24(28-21)22-10-20(29-32-22)18-6-4-17(5-7-18)12-26-3/h4-10,13-15,26H,12H2,1-3H3. The highest BCUT2D eigenvalue weighted by atomic mass is 16.5. The van der Waals surface area contributed by atoms with Crippen molar-refractivity contribution >= 4 is 0 Å². The van der Waals surface area contributed by atoms with E-state index in [9.17, 15) is 10.1 Å². The second-order valence-electron chi connectivity index (χ2n) is 7.46. The van der Waals surface area contributed by atoms with Gasteiger partial charge in [0.1, 0.15) is 17.4 Å². The van der Waals surface area contributed by atoms with Crippen LogP contribution in [0.5, 0.6) is 0 Å². The summed E-state index contributed by atoms with van der Waals surface area (Å²) in [4.78, 5) is 21.3. The summed E-state index contributed by atoms with van der Waals surface area (Å²) in [6.07, 6.45) is 3.26. The van der Waals surface area contributed by atoms with Crippen molar-refractivity contribution in [3.05, 3.63) is 76.5 Å². The molecular weight excluding hydrogens is 404 g/mol. The lowest BCUT2D eigenvalue weighted by Gasteiger charge is -2.10. The number of aryl methyl sites for hydroxylation is 1. The second kappa shape index (κ2) is 8.96. The van der Waals surface area contributed by atoms with E-state index in [-0.39, 0.29) is 5.56 Å². The van der Waals surface area contributed by atoms with Crippen molar-refractivity contribution in [3.8, 4) is 40.0 Å². The SMILES string of the molecule is CNCc1ccc(-c2cc(-c3nc(-c4ccc(=O)n(C(C)C#N)c4)cnc3C)on2)cc1. The molecule has 1 unspecified atom stereocenters. The van der Waals surface area contributed by atoms with Crippen LogP contribution in [-0.4, -0.2) is 26.7 Å². The molecule has 3 heterocycles. The Morgan fingerprint density at radius 2 is 1.91 bits per heavy atom. The lowest BCUT2D eigenvalue weighted by Crippen LogP contribution is -2.21. The molecule has 0 aliphatic carbocycles. The van der Waals surface area contributed by atoms with Gasteiger partial charge in [-0.15, -0.1) is 0 Å². The second-order valence-corrected chi connectivity index (χ2v) is 7.46. The van der Waals surface area contributed by atoms with Crippen LogP contribution in [0.2, 0.25) is 0 Å². The highest BCUT2D eigenvalue weighted by molar-refractivity contribution is 5.68. The lowest BCUT2D eigenvalue weighted by atomic mass is 10.1. The zero-order chi connectivity index (χ0) is 22.7. The minimum atomic E-state index is -0.586. The zero-order valence-corrected chi connectivity index (χ0v) is 18.0. The molecule has 4 rings (SSSR count). The van der Waals surface area contributed by atoms with E-state index in [2.05, 4.69) is 21.5 Å². The van der Waals surface area contributed by atoms with Gasteiger partial charge in [-0.05, 0) is 32.5 Å². The van der Waals surface area contributed by atoms with E-state index in [1.54, 1.807) is 25.4 Å². The molecule has 0 aliphatic heterocycles. The third-order valence-electron chi connectivity index (χ3n) is 5.17. The Morgan fingerprint density at radius 1 is 1.16 bits per heavy atom. The Bertz CT molecular complexity index is 1350. The van der Waals surface area contributed by atoms with Crippen molar-refractivity contribution in [2.45, 2.75) is 26.4 Å². The predicted molar refractivity (Wildman–Crippen MR) is 120 cm³/mol. The fraction of sp³-hybridized carbons (Fsp3) is 0.208. The molecular formula is C24H22N6O2. The Labute approximate surface area is 185 Å². The van der Waals surface area contributed by atoms with Gasteiger partial charge in [-0.3, -0.25) is 14.3 Å². The van der Waals surface area contributed by atoms with Gasteiger partial charge >= 0.3 is 0 Å². The third-order valence-corrected chi connectivity index (χ3v) is 5.17. The van der Waals surface area contributed by atoms with Gasteiger partial charge in [0, 0.05) is 36.0 Å². The van der Waals surface area contributed by atoms with Gasteiger partial charge < -0.3 is 9.84 Å². The summed E-state index contributed by atoms with van der Waals surface area (Å²) in [6, 6.07) is 14.5. The molecule has 3 aromatic heterocycles. The summed E-state index contributed by atoms with van der Waals surface area (Å²) in [5.41, 5.74) is 5.10. The van der Waals surface area contributed by atoms with Crippen molar-refractivity contribution in [1.29, 1.82) is 5.26 Å². The molecule has 4 aromatic rings. The normalized spacial score (nSPS) is 11.8. The number of nitriles is 1. The van der Waals surface area contributed by atoms with Crippen LogP contribution in [0.4, 0.5) is 0 Å². The summed E-state index contributed by atoms with van der Waals surface area (Å²) in [5.74, 6) is 0.505. The average molecular weight is 426 g/mol. The summed E-state index contributed by atoms with van der Waals surface area (Å²) >= 11 is 0. The topological polar surface area (TPSA) is 110 Å². The minimum Gasteiger partial charge on any atom is -0.354 e. The van der Waals surface area contributed by atoms with Crippen molar-refractivity contribution in [2.75, 3.05) is 7.05 Å². The Morgan fingerprint density at radius 3 is 2.62 bits per heavy atom. The van der Waals surface area contributed by atoms with Gasteiger partial charge in [-0.25, -0.2) is 4.98 Å². The highest BCUT2D eigenvalue weighted by Gasteiger charge is 2.16. The number of aromatic nitrogens is 4. The first kappa shape index (κ1) is 21.2. The summed E-state index contributed by atoms with van der Waals surface area (Å²) in [7, 11) is 1.91. The van der Waals surface area contributed by atoms with Gasteiger partial charge in [0.15, 0.2) is 5.76 Å². The number of benzene rings is 1. The first-order valence-corrected chi connectivity index (χ1v) is 10.2. The van der Waals surface area contributed by atoms with E-state index < -0.39 is 6.04 Å². The molecule has 1 aromatic carbocycles.